The third-order valence-corrected chi connectivity index (χ3v) is 5.27. The van der Waals surface area contributed by atoms with Gasteiger partial charge < -0.3 is 19.3 Å². The predicted octanol–water partition coefficient (Wildman–Crippen LogP) is 1.66. The molecular weight excluding hydrogens is 370 g/mol. The second-order valence-corrected chi connectivity index (χ2v) is 7.60. The van der Waals surface area contributed by atoms with Crippen molar-refractivity contribution in [1.82, 2.24) is 24.5 Å². The number of benzene rings is 1. The normalized spacial score (nSPS) is 23.0. The molecule has 9 heteroatoms. The number of anilines is 2. The topological polar surface area (TPSA) is 81.4 Å². The summed E-state index contributed by atoms with van der Waals surface area (Å²) in [7, 11) is 0. The summed E-state index contributed by atoms with van der Waals surface area (Å²) < 4.78 is 13.3. The Morgan fingerprint density at radius 2 is 1.52 bits per heavy atom. The molecule has 0 bridgehead atoms. The van der Waals surface area contributed by atoms with Gasteiger partial charge in [0, 0.05) is 26.2 Å². The molecule has 2 aliphatic heterocycles. The van der Waals surface area contributed by atoms with Crippen molar-refractivity contribution < 1.29 is 9.47 Å². The predicted molar refractivity (Wildman–Crippen MR) is 110 cm³/mol. The molecule has 0 unspecified atom stereocenters. The van der Waals surface area contributed by atoms with Gasteiger partial charge in [0.1, 0.15) is 6.33 Å². The first-order valence-corrected chi connectivity index (χ1v) is 10.1. The summed E-state index contributed by atoms with van der Waals surface area (Å²) in [6, 6.07) is 7.99. The zero-order chi connectivity index (χ0) is 19.8. The van der Waals surface area contributed by atoms with Gasteiger partial charge in [-0.05, 0) is 26.0 Å². The van der Waals surface area contributed by atoms with E-state index in [9.17, 15) is 0 Å². The van der Waals surface area contributed by atoms with Crippen LogP contribution >= 0.6 is 0 Å². The largest absolute Gasteiger partial charge is 0.378 e. The number of nitrogens with zero attached hydrogens (tertiary/aromatic N) is 7. The van der Waals surface area contributed by atoms with Crippen LogP contribution in [0.2, 0.25) is 0 Å². The second kappa shape index (κ2) is 7.57. The molecule has 1 aromatic carbocycles. The average molecular weight is 395 g/mol. The first-order valence-electron chi connectivity index (χ1n) is 10.1. The van der Waals surface area contributed by atoms with E-state index in [4.69, 9.17) is 24.4 Å². The van der Waals surface area contributed by atoms with E-state index in [0.29, 0.717) is 31.1 Å². The molecule has 4 heterocycles. The third-order valence-electron chi connectivity index (χ3n) is 5.27. The van der Waals surface area contributed by atoms with Crippen LogP contribution < -0.4 is 9.80 Å². The summed E-state index contributed by atoms with van der Waals surface area (Å²) in [4.78, 5) is 23.3. The van der Waals surface area contributed by atoms with Gasteiger partial charge in [-0.15, -0.1) is 0 Å². The van der Waals surface area contributed by atoms with Crippen LogP contribution in [0.3, 0.4) is 0 Å². The molecule has 2 aliphatic rings. The molecule has 2 aromatic heterocycles. The average Bonchev–Trinajstić information content (AvgIpc) is 3.18. The molecule has 0 radical (unpaired) electrons. The Labute approximate surface area is 169 Å². The maximum atomic E-state index is 5.89. The van der Waals surface area contributed by atoms with Crippen LogP contribution in [0, 0.1) is 0 Å². The quantitative estimate of drug-likeness (QED) is 0.662. The molecule has 5 rings (SSSR count). The highest BCUT2D eigenvalue weighted by Gasteiger charge is 2.26. The molecule has 0 N–H and O–H groups in total. The van der Waals surface area contributed by atoms with E-state index in [-0.39, 0.29) is 12.2 Å². The van der Waals surface area contributed by atoms with E-state index >= 15 is 0 Å². The molecule has 3 aromatic rings. The van der Waals surface area contributed by atoms with Gasteiger partial charge in [0.2, 0.25) is 17.8 Å². The lowest BCUT2D eigenvalue weighted by molar-refractivity contribution is -0.00573. The Morgan fingerprint density at radius 1 is 0.862 bits per heavy atom. The number of morpholine rings is 2. The van der Waals surface area contributed by atoms with Gasteiger partial charge >= 0.3 is 0 Å². The number of hydrogen-bond acceptors (Lipinski definition) is 8. The van der Waals surface area contributed by atoms with E-state index in [1.165, 1.54) is 0 Å². The molecule has 2 saturated heterocycles. The van der Waals surface area contributed by atoms with Crippen molar-refractivity contribution in [2.24, 2.45) is 0 Å². The Bertz CT molecular complexity index is 991. The first-order chi connectivity index (χ1) is 14.2. The van der Waals surface area contributed by atoms with Crippen molar-refractivity contribution in [3.63, 3.8) is 0 Å². The highest BCUT2D eigenvalue weighted by molar-refractivity contribution is 5.76. The number of hydrogen-bond donors (Lipinski definition) is 0. The zero-order valence-corrected chi connectivity index (χ0v) is 16.7. The molecular formula is C20H25N7O2. The maximum Gasteiger partial charge on any atom is 0.242 e. The zero-order valence-electron chi connectivity index (χ0n) is 16.7. The first kappa shape index (κ1) is 18.3. The van der Waals surface area contributed by atoms with Crippen LogP contribution in [-0.2, 0) is 9.47 Å². The van der Waals surface area contributed by atoms with E-state index in [1.54, 1.807) is 6.33 Å². The lowest BCUT2D eigenvalue weighted by Gasteiger charge is -2.36. The number of para-hydroxylation sites is 2. The van der Waals surface area contributed by atoms with E-state index in [2.05, 4.69) is 28.6 Å². The number of rotatable bonds is 3. The van der Waals surface area contributed by atoms with Gasteiger partial charge in [-0.2, -0.15) is 15.0 Å². The smallest absolute Gasteiger partial charge is 0.242 e. The van der Waals surface area contributed by atoms with E-state index in [1.807, 2.05) is 28.8 Å². The summed E-state index contributed by atoms with van der Waals surface area (Å²) in [5.41, 5.74) is 1.89. The molecule has 0 amide bonds. The summed E-state index contributed by atoms with van der Waals surface area (Å²) in [6.45, 7) is 8.55. The molecule has 9 nitrogen and oxygen atoms in total. The Morgan fingerprint density at radius 3 is 2.28 bits per heavy atom. The lowest BCUT2D eigenvalue weighted by atomic mass is 10.2. The molecule has 2 fully saturated rings. The monoisotopic (exact) mass is 395 g/mol. The fourth-order valence-electron chi connectivity index (χ4n) is 3.96. The summed E-state index contributed by atoms with van der Waals surface area (Å²) in [6.07, 6.45) is 2.03. The SMILES string of the molecule is C[C@H]1CN(c2nc(N3CCOCC3)nc(-n3cnc4ccccc43)n2)C[C@H](C)O1. The van der Waals surface area contributed by atoms with Gasteiger partial charge in [0.05, 0.1) is 36.5 Å². The van der Waals surface area contributed by atoms with Crippen molar-refractivity contribution in [2.75, 3.05) is 49.2 Å². The minimum Gasteiger partial charge on any atom is -0.378 e. The maximum absolute atomic E-state index is 5.89. The number of ether oxygens (including phenoxy) is 2. The Balaban J connectivity index is 1.60. The van der Waals surface area contributed by atoms with Gasteiger partial charge in [-0.25, -0.2) is 4.98 Å². The molecule has 0 aliphatic carbocycles. The summed E-state index contributed by atoms with van der Waals surface area (Å²) in [5, 5.41) is 0. The van der Waals surface area contributed by atoms with Crippen LogP contribution in [0.5, 0.6) is 0 Å². The Hall–Kier alpha value is -2.78. The molecule has 0 saturated carbocycles. The van der Waals surface area contributed by atoms with Crippen molar-refractivity contribution in [3.05, 3.63) is 30.6 Å². The molecule has 29 heavy (non-hydrogen) atoms. The standard InChI is InChI=1S/C20H25N7O2/c1-14-11-26(12-15(2)29-14)19-22-18(25-7-9-28-10-8-25)23-20(24-19)27-13-21-16-5-3-4-6-17(16)27/h3-6,13-15H,7-12H2,1-2H3/t14-,15-/m0/s1. The highest BCUT2D eigenvalue weighted by atomic mass is 16.5. The van der Waals surface area contributed by atoms with Gasteiger partial charge in [0.25, 0.3) is 0 Å². The minimum atomic E-state index is 0.125. The fourth-order valence-corrected chi connectivity index (χ4v) is 3.96. The van der Waals surface area contributed by atoms with Crippen LogP contribution in [0.25, 0.3) is 17.0 Å². The third kappa shape index (κ3) is 3.63. The summed E-state index contributed by atoms with van der Waals surface area (Å²) >= 11 is 0. The van der Waals surface area contributed by atoms with Crippen LogP contribution in [0.4, 0.5) is 11.9 Å². The van der Waals surface area contributed by atoms with E-state index < -0.39 is 0 Å². The van der Waals surface area contributed by atoms with Crippen molar-refractivity contribution in [3.8, 4) is 5.95 Å². The highest BCUT2D eigenvalue weighted by Crippen LogP contribution is 2.23. The van der Waals surface area contributed by atoms with Crippen LogP contribution in [-0.4, -0.2) is 76.1 Å². The Kier molecular flexibility index (Phi) is 4.76. The molecule has 2 atom stereocenters. The number of aromatic nitrogens is 5. The summed E-state index contributed by atoms with van der Waals surface area (Å²) in [5.74, 6) is 1.94. The van der Waals surface area contributed by atoms with Crippen molar-refractivity contribution >= 4 is 22.9 Å². The minimum absolute atomic E-state index is 0.125. The van der Waals surface area contributed by atoms with E-state index in [0.717, 1.165) is 37.2 Å². The van der Waals surface area contributed by atoms with Gasteiger partial charge in [-0.1, -0.05) is 12.1 Å². The second-order valence-electron chi connectivity index (χ2n) is 7.60. The van der Waals surface area contributed by atoms with Gasteiger partial charge in [0.15, 0.2) is 0 Å². The molecule has 0 spiro atoms. The fraction of sp³-hybridized carbons (Fsp3) is 0.500. The van der Waals surface area contributed by atoms with Gasteiger partial charge in [-0.3, -0.25) is 4.57 Å². The number of fused-ring (bicyclic) bond motifs is 1. The lowest BCUT2D eigenvalue weighted by Crippen LogP contribution is -2.46. The van der Waals surface area contributed by atoms with Crippen LogP contribution in [0.15, 0.2) is 30.6 Å². The number of imidazole rings is 1. The van der Waals surface area contributed by atoms with Crippen LogP contribution in [0.1, 0.15) is 13.8 Å². The van der Waals surface area contributed by atoms with Crippen molar-refractivity contribution in [1.29, 1.82) is 0 Å². The molecule has 152 valence electrons. The van der Waals surface area contributed by atoms with Crippen molar-refractivity contribution in [2.45, 2.75) is 26.1 Å².